The second kappa shape index (κ2) is 6.51. The molecule has 26 heavy (non-hydrogen) atoms. The van der Waals surface area contributed by atoms with E-state index in [0.29, 0.717) is 31.9 Å². The number of carbonyl (C=O) groups is 1. The molecule has 4 rings (SSSR count). The van der Waals surface area contributed by atoms with Crippen LogP contribution in [0.25, 0.3) is 21.5 Å². The van der Waals surface area contributed by atoms with E-state index in [1.807, 2.05) is 0 Å². The molecular weight excluding hydrogens is 377 g/mol. The van der Waals surface area contributed by atoms with Gasteiger partial charge in [-0.25, -0.2) is 9.37 Å². The van der Waals surface area contributed by atoms with Gasteiger partial charge in [0.2, 0.25) is 0 Å². The van der Waals surface area contributed by atoms with Gasteiger partial charge in [-0.2, -0.15) is 0 Å². The van der Waals surface area contributed by atoms with Gasteiger partial charge < -0.3 is 4.52 Å². The monoisotopic (exact) mass is 387 g/mol. The summed E-state index contributed by atoms with van der Waals surface area (Å²) in [5.74, 6) is -0.528. The largest absolute Gasteiger partial charge is 0.360 e. The summed E-state index contributed by atoms with van der Waals surface area (Å²) in [6, 6.07) is 11.7. The zero-order valence-electron chi connectivity index (χ0n) is 13.4. The molecule has 2 aromatic carbocycles. The first-order chi connectivity index (χ1) is 12.5. The Morgan fingerprint density at radius 2 is 2.04 bits per heavy atom. The predicted octanol–water partition coefficient (Wildman–Crippen LogP) is 5.30. The molecule has 0 aliphatic heterocycles. The van der Waals surface area contributed by atoms with E-state index < -0.39 is 11.7 Å². The summed E-state index contributed by atoms with van der Waals surface area (Å²) < 4.78 is 19.6. The average molecular weight is 388 g/mol. The minimum Gasteiger partial charge on any atom is -0.360 e. The van der Waals surface area contributed by atoms with Crippen LogP contribution in [-0.4, -0.2) is 16.0 Å². The number of aryl methyl sites for hydroxylation is 1. The molecule has 0 aliphatic rings. The maximum Gasteiger partial charge on any atom is 0.263 e. The van der Waals surface area contributed by atoms with Gasteiger partial charge in [0.15, 0.2) is 5.13 Å². The average Bonchev–Trinajstić information content (AvgIpc) is 3.19. The van der Waals surface area contributed by atoms with E-state index in [-0.39, 0.29) is 11.1 Å². The molecule has 1 N–H and O–H groups in total. The van der Waals surface area contributed by atoms with Crippen LogP contribution >= 0.6 is 22.9 Å². The smallest absolute Gasteiger partial charge is 0.263 e. The lowest BCUT2D eigenvalue weighted by Crippen LogP contribution is -2.13. The fourth-order valence-electron chi connectivity index (χ4n) is 2.60. The minimum atomic E-state index is -0.446. The summed E-state index contributed by atoms with van der Waals surface area (Å²) in [4.78, 5) is 16.9. The molecule has 2 aromatic heterocycles. The second-order valence-electron chi connectivity index (χ2n) is 5.50. The Morgan fingerprint density at radius 1 is 1.23 bits per heavy atom. The van der Waals surface area contributed by atoms with Crippen LogP contribution in [0.3, 0.4) is 0 Å². The number of fused-ring (bicyclic) bond motifs is 1. The topological polar surface area (TPSA) is 68.0 Å². The van der Waals surface area contributed by atoms with Crippen molar-refractivity contribution in [3.8, 4) is 11.3 Å². The Bertz CT molecular complexity index is 1140. The summed E-state index contributed by atoms with van der Waals surface area (Å²) in [7, 11) is 0. The highest BCUT2D eigenvalue weighted by atomic mass is 35.5. The molecule has 0 unspecified atom stereocenters. The van der Waals surface area contributed by atoms with Crippen LogP contribution in [0.5, 0.6) is 0 Å². The lowest BCUT2D eigenvalue weighted by Gasteiger charge is -2.04. The summed E-state index contributed by atoms with van der Waals surface area (Å²) in [6.07, 6.45) is 0. The second-order valence-corrected chi connectivity index (χ2v) is 6.94. The SMILES string of the molecule is Cc1onc(-c2ccccc2Cl)c1C(=O)Nc1nc2c(F)cccc2s1. The number of hydrogen-bond donors (Lipinski definition) is 1. The van der Waals surface area contributed by atoms with E-state index >= 15 is 0 Å². The van der Waals surface area contributed by atoms with Crippen molar-refractivity contribution in [1.29, 1.82) is 0 Å². The first-order valence-electron chi connectivity index (χ1n) is 7.62. The summed E-state index contributed by atoms with van der Waals surface area (Å²) in [6.45, 7) is 1.64. The van der Waals surface area contributed by atoms with E-state index in [0.717, 1.165) is 0 Å². The molecule has 0 spiro atoms. The van der Waals surface area contributed by atoms with Crippen molar-refractivity contribution < 1.29 is 13.7 Å². The standard InChI is InChI=1S/C18H11ClFN3O2S/c1-9-14(15(23-25-9)10-5-2-3-6-11(10)19)17(24)22-18-21-16-12(20)7-4-8-13(16)26-18/h2-8H,1H3,(H,21,22,24). The number of para-hydroxylation sites is 1. The van der Waals surface area contributed by atoms with Crippen molar-refractivity contribution >= 4 is 44.2 Å². The molecule has 4 aromatic rings. The Kier molecular flexibility index (Phi) is 4.18. The van der Waals surface area contributed by atoms with Gasteiger partial charge in [0.25, 0.3) is 5.91 Å². The third-order valence-corrected chi connectivity index (χ3v) is 5.07. The van der Waals surface area contributed by atoms with Crippen LogP contribution in [0.15, 0.2) is 47.0 Å². The molecule has 0 atom stereocenters. The third-order valence-electron chi connectivity index (χ3n) is 3.81. The Morgan fingerprint density at radius 3 is 2.81 bits per heavy atom. The van der Waals surface area contributed by atoms with Crippen molar-refractivity contribution in [3.63, 3.8) is 0 Å². The number of benzene rings is 2. The molecule has 5 nitrogen and oxygen atoms in total. The number of halogens is 2. The van der Waals surface area contributed by atoms with Gasteiger partial charge in [-0.3, -0.25) is 10.1 Å². The predicted molar refractivity (Wildman–Crippen MR) is 99.2 cm³/mol. The maximum atomic E-state index is 13.8. The summed E-state index contributed by atoms with van der Waals surface area (Å²) in [5, 5.41) is 7.41. The van der Waals surface area contributed by atoms with Crippen molar-refractivity contribution in [2.24, 2.45) is 0 Å². The number of anilines is 1. The number of carbonyl (C=O) groups excluding carboxylic acids is 1. The van der Waals surface area contributed by atoms with Gasteiger partial charge in [0, 0.05) is 5.56 Å². The van der Waals surface area contributed by atoms with Crippen LogP contribution in [0, 0.1) is 12.7 Å². The Hall–Kier alpha value is -2.77. The highest BCUT2D eigenvalue weighted by molar-refractivity contribution is 7.22. The Balaban J connectivity index is 1.71. The van der Waals surface area contributed by atoms with Crippen molar-refractivity contribution in [2.45, 2.75) is 6.92 Å². The normalized spacial score (nSPS) is 11.0. The zero-order chi connectivity index (χ0) is 18.3. The molecule has 0 fully saturated rings. The van der Waals surface area contributed by atoms with Gasteiger partial charge in [0.05, 0.1) is 9.72 Å². The number of rotatable bonds is 3. The molecule has 2 heterocycles. The van der Waals surface area contributed by atoms with Gasteiger partial charge in [-0.05, 0) is 25.1 Å². The molecule has 8 heteroatoms. The molecule has 0 bridgehead atoms. The molecule has 0 saturated heterocycles. The first-order valence-corrected chi connectivity index (χ1v) is 8.81. The van der Waals surface area contributed by atoms with E-state index in [9.17, 15) is 9.18 Å². The highest BCUT2D eigenvalue weighted by Crippen LogP contribution is 2.32. The number of amides is 1. The van der Waals surface area contributed by atoms with Crippen LogP contribution in [-0.2, 0) is 0 Å². The number of thiazole rings is 1. The van der Waals surface area contributed by atoms with Crippen molar-refractivity contribution in [2.75, 3.05) is 5.32 Å². The zero-order valence-corrected chi connectivity index (χ0v) is 15.0. The number of aromatic nitrogens is 2. The first kappa shape index (κ1) is 16.7. The van der Waals surface area contributed by atoms with Gasteiger partial charge >= 0.3 is 0 Å². The summed E-state index contributed by atoms with van der Waals surface area (Å²) in [5.41, 5.74) is 1.42. The van der Waals surface area contributed by atoms with Gasteiger partial charge in [0.1, 0.15) is 28.4 Å². The Labute approximate surface area is 156 Å². The highest BCUT2D eigenvalue weighted by Gasteiger charge is 2.24. The van der Waals surface area contributed by atoms with Crippen LogP contribution < -0.4 is 5.32 Å². The van der Waals surface area contributed by atoms with Crippen LogP contribution in [0.1, 0.15) is 16.1 Å². The fraction of sp³-hybridized carbons (Fsp3) is 0.0556. The van der Waals surface area contributed by atoms with Crippen LogP contribution in [0.2, 0.25) is 5.02 Å². The maximum absolute atomic E-state index is 13.8. The number of hydrogen-bond acceptors (Lipinski definition) is 5. The quantitative estimate of drug-likeness (QED) is 0.517. The molecular formula is C18H11ClFN3O2S. The summed E-state index contributed by atoms with van der Waals surface area (Å²) >= 11 is 7.40. The molecule has 130 valence electrons. The van der Waals surface area contributed by atoms with E-state index in [1.54, 1.807) is 43.3 Å². The number of nitrogens with one attached hydrogen (secondary N) is 1. The van der Waals surface area contributed by atoms with Gasteiger partial charge in [-0.15, -0.1) is 0 Å². The van der Waals surface area contributed by atoms with E-state index in [2.05, 4.69) is 15.5 Å². The molecule has 0 aliphatic carbocycles. The molecule has 0 radical (unpaired) electrons. The lowest BCUT2D eigenvalue weighted by molar-refractivity contribution is 0.102. The van der Waals surface area contributed by atoms with Crippen LogP contribution in [0.4, 0.5) is 9.52 Å². The molecule has 1 amide bonds. The van der Waals surface area contributed by atoms with E-state index in [1.165, 1.54) is 17.4 Å². The lowest BCUT2D eigenvalue weighted by atomic mass is 10.1. The minimum absolute atomic E-state index is 0.223. The van der Waals surface area contributed by atoms with Crippen molar-refractivity contribution in [1.82, 2.24) is 10.1 Å². The number of nitrogens with zero attached hydrogens (tertiary/aromatic N) is 2. The third kappa shape index (κ3) is 2.85. The molecule has 0 saturated carbocycles. The fourth-order valence-corrected chi connectivity index (χ4v) is 3.71. The van der Waals surface area contributed by atoms with Crippen molar-refractivity contribution in [3.05, 3.63) is 64.6 Å². The van der Waals surface area contributed by atoms with Gasteiger partial charge in [-0.1, -0.05) is 52.4 Å². The van der Waals surface area contributed by atoms with E-state index in [4.69, 9.17) is 16.1 Å².